The van der Waals surface area contributed by atoms with Crippen LogP contribution in [0.1, 0.15) is 28.3 Å². The van der Waals surface area contributed by atoms with Crippen LogP contribution in [0.25, 0.3) is 11.1 Å². The maximum absolute atomic E-state index is 13.2. The van der Waals surface area contributed by atoms with Gasteiger partial charge in [0.25, 0.3) is 0 Å². The highest BCUT2D eigenvalue weighted by Gasteiger charge is 2.44. The molecule has 4 rings (SSSR count). The number of carbonyl (C=O) groups excluding carboxylic acids is 2. The summed E-state index contributed by atoms with van der Waals surface area (Å²) in [6.07, 6.45) is 0.791. The number of esters is 1. The van der Waals surface area contributed by atoms with Gasteiger partial charge in [-0.2, -0.15) is 0 Å². The number of hydrogen-bond donors (Lipinski definition) is 1. The van der Waals surface area contributed by atoms with Crippen LogP contribution < -0.4 is 5.32 Å². The van der Waals surface area contributed by atoms with Gasteiger partial charge in [0.2, 0.25) is 5.91 Å². The van der Waals surface area contributed by atoms with Gasteiger partial charge in [-0.05, 0) is 35.6 Å². The van der Waals surface area contributed by atoms with Crippen LogP contribution in [0.5, 0.6) is 0 Å². The second-order valence-electron chi connectivity index (χ2n) is 6.70. The van der Waals surface area contributed by atoms with E-state index in [0.717, 1.165) is 12.0 Å². The van der Waals surface area contributed by atoms with Gasteiger partial charge in [0.05, 0.1) is 7.11 Å². The molecule has 4 nitrogen and oxygen atoms in total. The average Bonchev–Trinajstić information content (AvgIpc) is 3.43. The number of methoxy groups -OCH3 is 1. The van der Waals surface area contributed by atoms with Crippen LogP contribution in [0.15, 0.2) is 60.0 Å². The zero-order valence-corrected chi connectivity index (χ0v) is 16.0. The highest BCUT2D eigenvalue weighted by atomic mass is 32.1. The number of thiophene rings is 1. The van der Waals surface area contributed by atoms with E-state index >= 15 is 0 Å². The quantitative estimate of drug-likeness (QED) is 0.613. The minimum atomic E-state index is -0.536. The first kappa shape index (κ1) is 18.4. The Balaban J connectivity index is 1.57. The number of anilines is 1. The van der Waals surface area contributed by atoms with Gasteiger partial charge < -0.3 is 10.1 Å². The minimum absolute atomic E-state index is 0.105. The maximum Gasteiger partial charge on any atom is 0.341 e. The molecule has 0 bridgehead atoms. The molecule has 1 N–H and O–H groups in total. The molecule has 1 saturated carbocycles. The number of halogens is 1. The molecule has 2 unspecified atom stereocenters. The highest BCUT2D eigenvalue weighted by molar-refractivity contribution is 7.15. The number of hydrogen-bond acceptors (Lipinski definition) is 4. The van der Waals surface area contributed by atoms with E-state index in [9.17, 15) is 14.0 Å². The second kappa shape index (κ2) is 7.56. The zero-order valence-electron chi connectivity index (χ0n) is 15.1. The summed E-state index contributed by atoms with van der Waals surface area (Å²) in [7, 11) is 1.30. The summed E-state index contributed by atoms with van der Waals surface area (Å²) < 4.78 is 18.1. The standard InChI is InChI=1S/C22H18FNO3S/c1-27-22(26)19-18(14-7-9-15(23)10-8-14)12-28-21(19)24-20(25)17-11-16(17)13-5-3-2-4-6-13/h2-10,12,16-17H,11H2,1H3,(H,24,25). The minimum Gasteiger partial charge on any atom is -0.465 e. The fourth-order valence-electron chi connectivity index (χ4n) is 3.35. The van der Waals surface area contributed by atoms with Crippen LogP contribution in [-0.4, -0.2) is 19.0 Å². The molecule has 2 aromatic carbocycles. The van der Waals surface area contributed by atoms with Crippen molar-refractivity contribution in [1.82, 2.24) is 0 Å². The van der Waals surface area contributed by atoms with Crippen molar-refractivity contribution in [2.45, 2.75) is 12.3 Å². The summed E-state index contributed by atoms with van der Waals surface area (Å²) in [4.78, 5) is 25.1. The second-order valence-corrected chi connectivity index (χ2v) is 7.58. The zero-order chi connectivity index (χ0) is 19.7. The predicted octanol–water partition coefficient (Wildman–Crippen LogP) is 5.08. The molecule has 1 amide bonds. The fraction of sp³-hybridized carbons (Fsp3) is 0.182. The van der Waals surface area contributed by atoms with Gasteiger partial charge in [0, 0.05) is 16.9 Å². The van der Waals surface area contributed by atoms with Crippen LogP contribution in [0.3, 0.4) is 0 Å². The van der Waals surface area contributed by atoms with E-state index in [1.54, 1.807) is 17.5 Å². The summed E-state index contributed by atoms with van der Waals surface area (Å²) in [6.45, 7) is 0. The summed E-state index contributed by atoms with van der Waals surface area (Å²) in [5, 5.41) is 5.12. The van der Waals surface area contributed by atoms with Crippen LogP contribution in [-0.2, 0) is 9.53 Å². The number of ether oxygens (including phenoxy) is 1. The largest absolute Gasteiger partial charge is 0.465 e. The third kappa shape index (κ3) is 3.55. The van der Waals surface area contributed by atoms with E-state index in [4.69, 9.17) is 4.74 Å². The van der Waals surface area contributed by atoms with E-state index in [1.165, 1.54) is 30.6 Å². The van der Waals surface area contributed by atoms with Crippen LogP contribution in [0.2, 0.25) is 0 Å². The summed E-state index contributed by atoms with van der Waals surface area (Å²) in [5.41, 5.74) is 2.74. The molecule has 3 aromatic rings. The van der Waals surface area contributed by atoms with Crippen LogP contribution in [0.4, 0.5) is 9.39 Å². The smallest absolute Gasteiger partial charge is 0.341 e. The summed E-state index contributed by atoms with van der Waals surface area (Å²) in [5.74, 6) is -0.894. The van der Waals surface area contributed by atoms with Crippen molar-refractivity contribution in [3.63, 3.8) is 0 Å². The lowest BCUT2D eigenvalue weighted by Gasteiger charge is -2.08. The molecular weight excluding hydrogens is 377 g/mol. The Kier molecular flexibility index (Phi) is 4.96. The third-order valence-corrected chi connectivity index (χ3v) is 5.82. The lowest BCUT2D eigenvalue weighted by atomic mass is 10.0. The Hall–Kier alpha value is -2.99. The van der Waals surface area contributed by atoms with E-state index in [2.05, 4.69) is 5.32 Å². The molecule has 0 spiro atoms. The number of carbonyl (C=O) groups is 2. The Bertz CT molecular complexity index is 1010. The SMILES string of the molecule is COC(=O)c1c(-c2ccc(F)cc2)csc1NC(=O)C1CC1c1ccccc1. The van der Waals surface area contributed by atoms with Gasteiger partial charge in [-0.1, -0.05) is 42.5 Å². The highest BCUT2D eigenvalue weighted by Crippen LogP contribution is 2.48. The van der Waals surface area contributed by atoms with Crippen molar-refractivity contribution in [2.75, 3.05) is 12.4 Å². The molecule has 1 aliphatic carbocycles. The molecule has 1 heterocycles. The van der Waals surface area contributed by atoms with Crippen molar-refractivity contribution in [3.8, 4) is 11.1 Å². The molecule has 1 aliphatic rings. The molecule has 0 saturated heterocycles. The predicted molar refractivity (Wildman–Crippen MR) is 107 cm³/mol. The number of nitrogens with one attached hydrogen (secondary N) is 1. The van der Waals surface area contributed by atoms with E-state index in [-0.39, 0.29) is 23.6 Å². The Labute approximate surface area is 166 Å². The Morgan fingerprint density at radius 3 is 2.50 bits per heavy atom. The van der Waals surface area contributed by atoms with Crippen molar-refractivity contribution in [3.05, 3.63) is 76.9 Å². The normalized spacial score (nSPS) is 17.8. The van der Waals surface area contributed by atoms with Gasteiger partial charge in [-0.15, -0.1) is 11.3 Å². The first-order valence-corrected chi connectivity index (χ1v) is 9.78. The summed E-state index contributed by atoms with van der Waals surface area (Å²) >= 11 is 1.26. The fourth-order valence-corrected chi connectivity index (χ4v) is 4.31. The number of benzene rings is 2. The van der Waals surface area contributed by atoms with Crippen molar-refractivity contribution < 1.29 is 18.7 Å². The van der Waals surface area contributed by atoms with Gasteiger partial charge in [-0.3, -0.25) is 4.79 Å². The molecule has 1 aromatic heterocycles. The number of amides is 1. The third-order valence-electron chi connectivity index (χ3n) is 4.93. The lowest BCUT2D eigenvalue weighted by molar-refractivity contribution is -0.117. The van der Waals surface area contributed by atoms with Crippen molar-refractivity contribution >= 4 is 28.2 Å². The van der Waals surface area contributed by atoms with Crippen molar-refractivity contribution in [2.24, 2.45) is 5.92 Å². The molecular formula is C22H18FNO3S. The molecule has 0 aliphatic heterocycles. The molecule has 28 heavy (non-hydrogen) atoms. The van der Waals surface area contributed by atoms with E-state index < -0.39 is 5.97 Å². The first-order chi connectivity index (χ1) is 13.6. The van der Waals surface area contributed by atoms with Gasteiger partial charge in [-0.25, -0.2) is 9.18 Å². The number of rotatable bonds is 5. The van der Waals surface area contributed by atoms with Gasteiger partial charge in [0.1, 0.15) is 16.4 Å². The first-order valence-electron chi connectivity index (χ1n) is 8.90. The molecule has 1 fully saturated rings. The molecule has 2 atom stereocenters. The monoisotopic (exact) mass is 395 g/mol. The average molecular weight is 395 g/mol. The van der Waals surface area contributed by atoms with Gasteiger partial charge >= 0.3 is 5.97 Å². The summed E-state index contributed by atoms with van der Waals surface area (Å²) in [6, 6.07) is 15.8. The topological polar surface area (TPSA) is 55.4 Å². The van der Waals surface area contributed by atoms with E-state index in [1.807, 2.05) is 30.3 Å². The van der Waals surface area contributed by atoms with Crippen LogP contribution >= 0.6 is 11.3 Å². The molecule has 0 radical (unpaired) electrons. The maximum atomic E-state index is 13.2. The Morgan fingerprint density at radius 2 is 1.82 bits per heavy atom. The van der Waals surface area contributed by atoms with Crippen LogP contribution in [0, 0.1) is 11.7 Å². The Morgan fingerprint density at radius 1 is 1.11 bits per heavy atom. The lowest BCUT2D eigenvalue weighted by Crippen LogP contribution is -2.16. The molecule has 6 heteroatoms. The van der Waals surface area contributed by atoms with E-state index in [0.29, 0.717) is 21.7 Å². The van der Waals surface area contributed by atoms with Gasteiger partial charge in [0.15, 0.2) is 0 Å². The molecule has 142 valence electrons. The van der Waals surface area contributed by atoms with Crippen molar-refractivity contribution in [1.29, 1.82) is 0 Å².